The van der Waals surface area contributed by atoms with Crippen LogP contribution in [0.2, 0.25) is 0 Å². The van der Waals surface area contributed by atoms with Crippen LogP contribution in [0.3, 0.4) is 0 Å². The molecule has 0 amide bonds. The molecule has 0 radical (unpaired) electrons. The Morgan fingerprint density at radius 2 is 1.67 bits per heavy atom. The molecule has 150 valence electrons. The molecule has 3 heteroatoms. The second kappa shape index (κ2) is 17.5. The van der Waals surface area contributed by atoms with E-state index < -0.39 is 0 Å². The number of unbranched alkanes of at least 4 members (excludes halogenated alkanes) is 10. The molecule has 0 atom stereocenters. The lowest BCUT2D eigenvalue weighted by molar-refractivity contribution is -0.145. The number of rotatable bonds is 16. The third-order valence-electron chi connectivity index (χ3n) is 4.54. The highest BCUT2D eigenvalue weighted by molar-refractivity contribution is 5.69. The van der Waals surface area contributed by atoms with Gasteiger partial charge >= 0.3 is 5.97 Å². The van der Waals surface area contributed by atoms with Crippen LogP contribution in [0.5, 0.6) is 0 Å². The Kier molecular flexibility index (Phi) is 15.1. The van der Waals surface area contributed by atoms with Crippen molar-refractivity contribution in [1.82, 2.24) is 4.98 Å². The molecular weight excluding hydrogens is 334 g/mol. The Morgan fingerprint density at radius 3 is 2.33 bits per heavy atom. The van der Waals surface area contributed by atoms with E-state index in [4.69, 9.17) is 4.74 Å². The molecule has 0 aliphatic rings. The highest BCUT2D eigenvalue weighted by Crippen LogP contribution is 2.09. The first kappa shape index (κ1) is 23.2. The SMILES string of the molecule is CCCCCCCCCC=C=CCCCCCC(=O)OCc1cccnc1. The van der Waals surface area contributed by atoms with E-state index in [2.05, 4.69) is 29.8 Å². The van der Waals surface area contributed by atoms with Crippen LogP contribution < -0.4 is 0 Å². The van der Waals surface area contributed by atoms with Crippen molar-refractivity contribution in [2.24, 2.45) is 0 Å². The Morgan fingerprint density at radius 1 is 1.00 bits per heavy atom. The molecule has 0 unspecified atom stereocenters. The van der Waals surface area contributed by atoms with Gasteiger partial charge in [0, 0.05) is 24.4 Å². The highest BCUT2D eigenvalue weighted by Gasteiger charge is 2.03. The average molecular weight is 372 g/mol. The van der Waals surface area contributed by atoms with E-state index in [1.807, 2.05) is 12.1 Å². The Balaban J connectivity index is 1.88. The standard InChI is InChI=1S/C24H37NO2/c1-2-3-4-5-6-7-8-9-10-11-12-13-14-15-16-19-24(26)27-22-23-18-17-20-25-21-23/h10,12,17-18,20-21H,2-9,13-16,19,22H2,1H3. The smallest absolute Gasteiger partial charge is 0.306 e. The van der Waals surface area contributed by atoms with Crippen molar-refractivity contribution in [3.05, 3.63) is 48.0 Å². The first-order valence-corrected chi connectivity index (χ1v) is 10.8. The minimum atomic E-state index is -0.121. The summed E-state index contributed by atoms with van der Waals surface area (Å²) < 4.78 is 5.24. The number of ether oxygens (including phenoxy) is 1. The Labute approximate surface area is 165 Å². The molecule has 1 heterocycles. The number of aromatic nitrogens is 1. The van der Waals surface area contributed by atoms with Crippen molar-refractivity contribution in [2.75, 3.05) is 0 Å². The van der Waals surface area contributed by atoms with Crippen LogP contribution in [0.4, 0.5) is 0 Å². The summed E-state index contributed by atoms with van der Waals surface area (Å²) in [6.45, 7) is 2.58. The summed E-state index contributed by atoms with van der Waals surface area (Å²) in [5, 5.41) is 0. The molecular formula is C24H37NO2. The van der Waals surface area contributed by atoms with Crippen LogP contribution in [0.15, 0.2) is 42.4 Å². The summed E-state index contributed by atoms with van der Waals surface area (Å²) in [6, 6.07) is 3.76. The predicted molar refractivity (Wildman–Crippen MR) is 112 cm³/mol. The van der Waals surface area contributed by atoms with Gasteiger partial charge in [-0.25, -0.2) is 0 Å². The summed E-state index contributed by atoms with van der Waals surface area (Å²) in [6.07, 6.45) is 23.0. The van der Waals surface area contributed by atoms with E-state index in [-0.39, 0.29) is 5.97 Å². The fourth-order valence-corrected chi connectivity index (χ4v) is 2.87. The Bertz CT molecular complexity index is 533. The third-order valence-corrected chi connectivity index (χ3v) is 4.54. The number of esters is 1. The number of nitrogens with zero attached hydrogens (tertiary/aromatic N) is 1. The summed E-state index contributed by atoms with van der Waals surface area (Å²) in [4.78, 5) is 15.7. The molecule has 27 heavy (non-hydrogen) atoms. The van der Waals surface area contributed by atoms with Crippen LogP contribution in [0.25, 0.3) is 0 Å². The fraction of sp³-hybridized carbons (Fsp3) is 0.625. The van der Waals surface area contributed by atoms with Gasteiger partial charge in [-0.2, -0.15) is 0 Å². The number of pyridine rings is 1. The topological polar surface area (TPSA) is 39.2 Å². The number of hydrogen-bond donors (Lipinski definition) is 0. The zero-order valence-corrected chi connectivity index (χ0v) is 17.1. The molecule has 0 spiro atoms. The lowest BCUT2D eigenvalue weighted by atomic mass is 10.1. The van der Waals surface area contributed by atoms with Gasteiger partial charge in [0.2, 0.25) is 0 Å². The molecule has 0 fully saturated rings. The van der Waals surface area contributed by atoms with E-state index in [1.165, 1.54) is 44.9 Å². The van der Waals surface area contributed by atoms with Gasteiger partial charge in [-0.15, -0.1) is 5.73 Å². The van der Waals surface area contributed by atoms with E-state index in [0.29, 0.717) is 13.0 Å². The molecule has 0 aliphatic carbocycles. The molecule has 0 aromatic carbocycles. The van der Waals surface area contributed by atoms with Gasteiger partial charge in [0.05, 0.1) is 0 Å². The van der Waals surface area contributed by atoms with Crippen molar-refractivity contribution in [1.29, 1.82) is 0 Å². The minimum Gasteiger partial charge on any atom is -0.461 e. The van der Waals surface area contributed by atoms with Crippen LogP contribution in [-0.2, 0) is 16.1 Å². The molecule has 0 aliphatic heterocycles. The van der Waals surface area contributed by atoms with Crippen molar-refractivity contribution in [3.8, 4) is 0 Å². The van der Waals surface area contributed by atoms with Crippen LogP contribution >= 0.6 is 0 Å². The maximum atomic E-state index is 11.7. The lowest BCUT2D eigenvalue weighted by Gasteiger charge is -2.04. The van der Waals surface area contributed by atoms with E-state index in [0.717, 1.165) is 37.7 Å². The largest absolute Gasteiger partial charge is 0.461 e. The number of allylic oxidation sites excluding steroid dienone is 1. The molecule has 0 saturated carbocycles. The molecule has 0 N–H and O–H groups in total. The molecule has 0 bridgehead atoms. The van der Waals surface area contributed by atoms with Gasteiger partial charge in [0.25, 0.3) is 0 Å². The maximum absolute atomic E-state index is 11.7. The zero-order chi connectivity index (χ0) is 19.4. The molecule has 1 aromatic rings. The quantitative estimate of drug-likeness (QED) is 0.180. The minimum absolute atomic E-state index is 0.121. The maximum Gasteiger partial charge on any atom is 0.306 e. The summed E-state index contributed by atoms with van der Waals surface area (Å²) in [7, 11) is 0. The monoisotopic (exact) mass is 371 g/mol. The summed E-state index contributed by atoms with van der Waals surface area (Å²) in [5.74, 6) is -0.121. The lowest BCUT2D eigenvalue weighted by Crippen LogP contribution is -2.04. The average Bonchev–Trinajstić information content (AvgIpc) is 2.70. The van der Waals surface area contributed by atoms with Gasteiger partial charge in [-0.1, -0.05) is 57.9 Å². The molecule has 0 saturated heterocycles. The number of carbonyl (C=O) groups is 1. The Hall–Kier alpha value is -1.86. The van der Waals surface area contributed by atoms with Crippen molar-refractivity contribution < 1.29 is 9.53 Å². The van der Waals surface area contributed by atoms with E-state index in [1.54, 1.807) is 12.4 Å². The van der Waals surface area contributed by atoms with E-state index in [9.17, 15) is 4.79 Å². The second-order valence-electron chi connectivity index (χ2n) is 7.11. The zero-order valence-electron chi connectivity index (χ0n) is 17.1. The van der Waals surface area contributed by atoms with Gasteiger partial charge in [0.1, 0.15) is 6.61 Å². The highest BCUT2D eigenvalue weighted by atomic mass is 16.5. The van der Waals surface area contributed by atoms with Gasteiger partial charge in [-0.05, 0) is 50.3 Å². The van der Waals surface area contributed by atoms with E-state index >= 15 is 0 Å². The molecule has 1 rings (SSSR count). The first-order chi connectivity index (χ1) is 13.3. The normalized spacial score (nSPS) is 10.3. The third kappa shape index (κ3) is 14.9. The molecule has 1 aromatic heterocycles. The van der Waals surface area contributed by atoms with Gasteiger partial charge in [-0.3, -0.25) is 9.78 Å². The fourth-order valence-electron chi connectivity index (χ4n) is 2.87. The number of hydrogen-bond acceptors (Lipinski definition) is 3. The summed E-state index contributed by atoms with van der Waals surface area (Å²) in [5.41, 5.74) is 4.22. The van der Waals surface area contributed by atoms with Gasteiger partial charge in [0.15, 0.2) is 0 Å². The number of carbonyl (C=O) groups excluding carboxylic acids is 1. The van der Waals surface area contributed by atoms with Crippen molar-refractivity contribution >= 4 is 5.97 Å². The second-order valence-corrected chi connectivity index (χ2v) is 7.11. The van der Waals surface area contributed by atoms with Crippen LogP contribution in [0, 0.1) is 0 Å². The van der Waals surface area contributed by atoms with Crippen LogP contribution in [-0.4, -0.2) is 11.0 Å². The molecule has 3 nitrogen and oxygen atoms in total. The van der Waals surface area contributed by atoms with Crippen LogP contribution in [0.1, 0.15) is 96.0 Å². The predicted octanol–water partition coefficient (Wildman–Crippen LogP) is 6.93. The first-order valence-electron chi connectivity index (χ1n) is 10.8. The van der Waals surface area contributed by atoms with Gasteiger partial charge < -0.3 is 4.74 Å². The van der Waals surface area contributed by atoms with Crippen molar-refractivity contribution in [2.45, 2.75) is 97.0 Å². The van der Waals surface area contributed by atoms with Crippen molar-refractivity contribution in [3.63, 3.8) is 0 Å². The summed E-state index contributed by atoms with van der Waals surface area (Å²) >= 11 is 0.